The third-order valence-corrected chi connectivity index (χ3v) is 2.74. The SMILES string of the molecule is Cc1cnc(N)nc1Nc1cc(Cl)ccc1Cl. The van der Waals surface area contributed by atoms with Gasteiger partial charge in [0.15, 0.2) is 0 Å². The molecule has 0 unspecified atom stereocenters. The lowest BCUT2D eigenvalue weighted by molar-refractivity contribution is 1.15. The number of anilines is 3. The Morgan fingerprint density at radius 3 is 2.82 bits per heavy atom. The van der Waals surface area contributed by atoms with Crippen LogP contribution in [-0.2, 0) is 0 Å². The predicted octanol–water partition coefficient (Wildman–Crippen LogP) is 3.42. The summed E-state index contributed by atoms with van der Waals surface area (Å²) in [5.74, 6) is 0.818. The molecule has 2 aromatic rings. The van der Waals surface area contributed by atoms with E-state index in [4.69, 9.17) is 28.9 Å². The Bertz CT molecular complexity index is 508. The van der Waals surface area contributed by atoms with Gasteiger partial charge in [0.25, 0.3) is 0 Å². The van der Waals surface area contributed by atoms with Crippen molar-refractivity contribution in [1.82, 2.24) is 9.97 Å². The van der Waals surface area contributed by atoms with E-state index in [-0.39, 0.29) is 5.95 Å². The third kappa shape index (κ3) is 2.78. The van der Waals surface area contributed by atoms with Crippen molar-refractivity contribution in [3.8, 4) is 0 Å². The number of hydrogen-bond acceptors (Lipinski definition) is 4. The van der Waals surface area contributed by atoms with Crippen molar-refractivity contribution < 1.29 is 0 Å². The van der Waals surface area contributed by atoms with Crippen molar-refractivity contribution in [1.29, 1.82) is 0 Å². The van der Waals surface area contributed by atoms with Crippen LogP contribution in [0.15, 0.2) is 24.4 Å². The molecule has 17 heavy (non-hydrogen) atoms. The van der Waals surface area contributed by atoms with E-state index in [1.54, 1.807) is 24.4 Å². The lowest BCUT2D eigenvalue weighted by Crippen LogP contribution is -2.02. The minimum Gasteiger partial charge on any atom is -0.368 e. The standard InChI is InChI=1S/C11H10Cl2N4/c1-6-5-15-11(14)17-10(6)16-9-4-7(12)2-3-8(9)13/h2-5H,1H3,(H3,14,15,16,17). The van der Waals surface area contributed by atoms with Crippen molar-refractivity contribution in [2.45, 2.75) is 6.92 Å². The number of aryl methyl sites for hydroxylation is 1. The second-order valence-corrected chi connectivity index (χ2v) is 4.35. The molecule has 1 heterocycles. The summed E-state index contributed by atoms with van der Waals surface area (Å²) in [5.41, 5.74) is 7.08. The fraction of sp³-hybridized carbons (Fsp3) is 0.0909. The summed E-state index contributed by atoms with van der Waals surface area (Å²) in [6, 6.07) is 5.16. The lowest BCUT2D eigenvalue weighted by atomic mass is 10.3. The van der Waals surface area contributed by atoms with Crippen LogP contribution in [0, 0.1) is 6.92 Å². The van der Waals surface area contributed by atoms with Crippen molar-refractivity contribution in [3.05, 3.63) is 40.0 Å². The normalized spacial score (nSPS) is 10.3. The maximum atomic E-state index is 6.04. The van der Waals surface area contributed by atoms with Gasteiger partial charge in [-0.2, -0.15) is 4.98 Å². The molecule has 0 atom stereocenters. The molecule has 4 nitrogen and oxygen atoms in total. The van der Waals surface area contributed by atoms with E-state index >= 15 is 0 Å². The van der Waals surface area contributed by atoms with Gasteiger partial charge in [0.1, 0.15) is 5.82 Å². The Morgan fingerprint density at radius 1 is 1.29 bits per heavy atom. The molecule has 6 heteroatoms. The Labute approximate surface area is 109 Å². The molecule has 0 amide bonds. The molecule has 0 aliphatic rings. The average molecular weight is 269 g/mol. The molecule has 0 radical (unpaired) electrons. The van der Waals surface area contributed by atoms with Crippen LogP contribution in [0.2, 0.25) is 10.0 Å². The summed E-state index contributed by atoms with van der Waals surface area (Å²) in [6.07, 6.45) is 1.64. The second-order valence-electron chi connectivity index (χ2n) is 3.51. The van der Waals surface area contributed by atoms with Crippen LogP contribution in [0.25, 0.3) is 0 Å². The Hall–Kier alpha value is -1.52. The van der Waals surface area contributed by atoms with Gasteiger partial charge >= 0.3 is 0 Å². The first-order valence-electron chi connectivity index (χ1n) is 4.87. The molecular formula is C11H10Cl2N4. The van der Waals surface area contributed by atoms with Gasteiger partial charge in [-0.05, 0) is 25.1 Å². The van der Waals surface area contributed by atoms with E-state index < -0.39 is 0 Å². The highest BCUT2D eigenvalue weighted by molar-refractivity contribution is 6.35. The van der Waals surface area contributed by atoms with Crippen LogP contribution >= 0.6 is 23.2 Å². The highest BCUT2D eigenvalue weighted by Crippen LogP contribution is 2.28. The predicted molar refractivity (Wildman–Crippen MR) is 70.9 cm³/mol. The van der Waals surface area contributed by atoms with E-state index in [0.29, 0.717) is 21.6 Å². The molecule has 0 saturated carbocycles. The fourth-order valence-electron chi connectivity index (χ4n) is 1.30. The maximum Gasteiger partial charge on any atom is 0.221 e. The highest BCUT2D eigenvalue weighted by Gasteiger charge is 2.06. The molecule has 0 spiro atoms. The summed E-state index contributed by atoms with van der Waals surface area (Å²) in [6.45, 7) is 1.88. The Kier molecular flexibility index (Phi) is 3.36. The quantitative estimate of drug-likeness (QED) is 0.876. The van der Waals surface area contributed by atoms with Crippen LogP contribution in [0.5, 0.6) is 0 Å². The molecule has 0 bridgehead atoms. The van der Waals surface area contributed by atoms with Gasteiger partial charge < -0.3 is 11.1 Å². The van der Waals surface area contributed by atoms with Crippen LogP contribution in [0.4, 0.5) is 17.5 Å². The smallest absolute Gasteiger partial charge is 0.221 e. The van der Waals surface area contributed by atoms with E-state index in [0.717, 1.165) is 5.56 Å². The van der Waals surface area contributed by atoms with Crippen LogP contribution in [0.3, 0.4) is 0 Å². The monoisotopic (exact) mass is 268 g/mol. The Morgan fingerprint density at radius 2 is 2.06 bits per heavy atom. The van der Waals surface area contributed by atoms with Gasteiger partial charge in [-0.25, -0.2) is 4.98 Å². The maximum absolute atomic E-state index is 6.04. The summed E-state index contributed by atoms with van der Waals surface area (Å²) in [4.78, 5) is 7.98. The van der Waals surface area contributed by atoms with E-state index in [1.807, 2.05) is 6.92 Å². The van der Waals surface area contributed by atoms with Crippen molar-refractivity contribution >= 4 is 40.7 Å². The van der Waals surface area contributed by atoms with Crippen LogP contribution in [0.1, 0.15) is 5.56 Å². The zero-order valence-corrected chi connectivity index (χ0v) is 10.5. The zero-order chi connectivity index (χ0) is 12.4. The van der Waals surface area contributed by atoms with Gasteiger partial charge in [0.2, 0.25) is 5.95 Å². The Balaban J connectivity index is 2.37. The first-order chi connectivity index (χ1) is 8.06. The summed E-state index contributed by atoms with van der Waals surface area (Å²) >= 11 is 11.9. The largest absolute Gasteiger partial charge is 0.368 e. The summed E-state index contributed by atoms with van der Waals surface area (Å²) in [7, 11) is 0. The zero-order valence-electron chi connectivity index (χ0n) is 9.04. The summed E-state index contributed by atoms with van der Waals surface area (Å²) < 4.78 is 0. The minimum atomic E-state index is 0.205. The van der Waals surface area contributed by atoms with E-state index in [1.165, 1.54) is 0 Å². The fourth-order valence-corrected chi connectivity index (χ4v) is 1.64. The number of nitrogens with two attached hydrogens (primary N) is 1. The second kappa shape index (κ2) is 4.77. The van der Waals surface area contributed by atoms with Gasteiger partial charge in [0.05, 0.1) is 10.7 Å². The molecule has 0 saturated heterocycles. The van der Waals surface area contributed by atoms with Gasteiger partial charge in [0, 0.05) is 16.8 Å². The number of nitrogens with zero attached hydrogens (tertiary/aromatic N) is 2. The molecule has 0 aliphatic carbocycles. The molecular weight excluding hydrogens is 259 g/mol. The topological polar surface area (TPSA) is 63.8 Å². The molecule has 88 valence electrons. The first kappa shape index (κ1) is 12.0. The molecule has 0 aliphatic heterocycles. The summed E-state index contributed by atoms with van der Waals surface area (Å²) in [5, 5.41) is 4.23. The van der Waals surface area contributed by atoms with Crippen molar-refractivity contribution in [2.75, 3.05) is 11.1 Å². The van der Waals surface area contributed by atoms with Gasteiger partial charge in [-0.15, -0.1) is 0 Å². The lowest BCUT2D eigenvalue weighted by Gasteiger charge is -2.10. The van der Waals surface area contributed by atoms with Gasteiger partial charge in [-0.1, -0.05) is 23.2 Å². The van der Waals surface area contributed by atoms with Crippen molar-refractivity contribution in [3.63, 3.8) is 0 Å². The number of halogens is 2. The molecule has 3 N–H and O–H groups in total. The molecule has 1 aromatic heterocycles. The van der Waals surface area contributed by atoms with Crippen LogP contribution < -0.4 is 11.1 Å². The van der Waals surface area contributed by atoms with Crippen LogP contribution in [-0.4, -0.2) is 9.97 Å². The average Bonchev–Trinajstić information content (AvgIpc) is 2.28. The molecule has 2 rings (SSSR count). The molecule has 1 aromatic carbocycles. The third-order valence-electron chi connectivity index (χ3n) is 2.17. The number of aromatic nitrogens is 2. The number of nitrogen functional groups attached to an aromatic ring is 1. The van der Waals surface area contributed by atoms with Gasteiger partial charge in [-0.3, -0.25) is 0 Å². The van der Waals surface area contributed by atoms with E-state index in [9.17, 15) is 0 Å². The van der Waals surface area contributed by atoms with Crippen molar-refractivity contribution in [2.24, 2.45) is 0 Å². The first-order valence-corrected chi connectivity index (χ1v) is 5.63. The minimum absolute atomic E-state index is 0.205. The highest BCUT2D eigenvalue weighted by atomic mass is 35.5. The number of hydrogen-bond donors (Lipinski definition) is 2. The number of nitrogens with one attached hydrogen (secondary N) is 1. The van der Waals surface area contributed by atoms with E-state index in [2.05, 4.69) is 15.3 Å². The number of benzene rings is 1. The molecule has 0 fully saturated rings. The number of rotatable bonds is 2.